The SMILES string of the molecule is O=C(CN1C(=O)NC2(CCCC2)C1=O)NCC12C3C4C5C3C1C5C42. The van der Waals surface area contributed by atoms with Crippen molar-refractivity contribution in [3.05, 3.63) is 0 Å². The Morgan fingerprint density at radius 3 is 2.33 bits per heavy atom. The van der Waals surface area contributed by atoms with Crippen LogP contribution in [0.4, 0.5) is 4.79 Å². The predicted molar refractivity (Wildman–Crippen MR) is 81.3 cm³/mol. The molecule has 7 saturated carbocycles. The summed E-state index contributed by atoms with van der Waals surface area (Å²) in [6.45, 7) is 0.651. The molecule has 8 fully saturated rings. The molecule has 0 bridgehead atoms. The van der Waals surface area contributed by atoms with Crippen molar-refractivity contribution in [1.82, 2.24) is 15.5 Å². The van der Waals surface area contributed by atoms with E-state index in [4.69, 9.17) is 0 Å². The first-order valence-corrected chi connectivity index (χ1v) is 9.51. The number of amides is 4. The standard InChI is InChI=1S/C18H21N3O3/c22-7(5-21-15(23)17(20-16(21)24)3-1-2-4-17)19-6-18-12-9-8-10(12)14(18)11(8)13(9)18/h8-14H,1-6H2,(H,19,22)(H,20,24). The van der Waals surface area contributed by atoms with Crippen LogP contribution in [-0.4, -0.2) is 41.4 Å². The fourth-order valence-electron chi connectivity index (χ4n) is 8.61. The van der Waals surface area contributed by atoms with E-state index in [1.54, 1.807) is 0 Å². The van der Waals surface area contributed by atoms with Gasteiger partial charge in [0.15, 0.2) is 0 Å². The molecule has 1 saturated heterocycles. The van der Waals surface area contributed by atoms with Gasteiger partial charge in [-0.1, -0.05) is 12.8 Å². The largest absolute Gasteiger partial charge is 0.354 e. The van der Waals surface area contributed by atoms with E-state index in [2.05, 4.69) is 10.6 Å². The fourth-order valence-corrected chi connectivity index (χ4v) is 8.61. The molecule has 126 valence electrons. The molecule has 8 rings (SSSR count). The number of imide groups is 1. The van der Waals surface area contributed by atoms with Crippen molar-refractivity contribution in [1.29, 1.82) is 0 Å². The Balaban J connectivity index is 1.01. The molecule has 6 nitrogen and oxygen atoms in total. The number of nitrogens with one attached hydrogen (secondary N) is 2. The highest BCUT2D eigenvalue weighted by Gasteiger charge is 3.03. The van der Waals surface area contributed by atoms with Gasteiger partial charge in [-0.2, -0.15) is 0 Å². The van der Waals surface area contributed by atoms with Crippen LogP contribution in [0.3, 0.4) is 0 Å². The lowest BCUT2D eigenvalue weighted by Crippen LogP contribution is -3.06. The maximum absolute atomic E-state index is 12.6. The molecule has 1 aliphatic heterocycles. The molecule has 0 aromatic heterocycles. The number of urea groups is 1. The predicted octanol–water partition coefficient (Wildman–Crippen LogP) is 0.335. The van der Waals surface area contributed by atoms with Crippen molar-refractivity contribution < 1.29 is 14.4 Å². The summed E-state index contributed by atoms with van der Waals surface area (Å²) in [6.07, 6.45) is 3.33. The van der Waals surface area contributed by atoms with Gasteiger partial charge in [0.25, 0.3) is 5.91 Å². The van der Waals surface area contributed by atoms with Gasteiger partial charge in [-0.15, -0.1) is 0 Å². The summed E-state index contributed by atoms with van der Waals surface area (Å²) in [7, 11) is 0. The Bertz CT molecular complexity index is 689. The summed E-state index contributed by atoms with van der Waals surface area (Å²) < 4.78 is 0. The van der Waals surface area contributed by atoms with E-state index < -0.39 is 11.6 Å². The summed E-state index contributed by atoms with van der Waals surface area (Å²) in [4.78, 5) is 38.2. The van der Waals surface area contributed by atoms with Gasteiger partial charge < -0.3 is 10.6 Å². The second-order valence-electron chi connectivity index (χ2n) is 9.39. The topological polar surface area (TPSA) is 78.5 Å². The number of carbonyl (C=O) groups is 3. The molecule has 1 spiro atoms. The van der Waals surface area contributed by atoms with Crippen molar-refractivity contribution in [2.45, 2.75) is 31.2 Å². The average Bonchev–Trinajstić information content (AvgIpc) is 3.14. The molecule has 24 heavy (non-hydrogen) atoms. The van der Waals surface area contributed by atoms with E-state index in [0.717, 1.165) is 65.7 Å². The summed E-state index contributed by atoms with van der Waals surface area (Å²) >= 11 is 0. The zero-order valence-corrected chi connectivity index (χ0v) is 13.5. The molecule has 0 atom stereocenters. The average molecular weight is 327 g/mol. The Morgan fingerprint density at radius 2 is 1.71 bits per heavy atom. The van der Waals surface area contributed by atoms with Crippen LogP contribution in [0, 0.1) is 46.8 Å². The van der Waals surface area contributed by atoms with Crippen LogP contribution >= 0.6 is 0 Å². The zero-order chi connectivity index (χ0) is 16.0. The van der Waals surface area contributed by atoms with Crippen molar-refractivity contribution in [2.24, 2.45) is 46.8 Å². The fraction of sp³-hybridized carbons (Fsp3) is 0.833. The highest BCUT2D eigenvalue weighted by atomic mass is 16.2. The van der Waals surface area contributed by atoms with E-state index in [9.17, 15) is 14.4 Å². The minimum atomic E-state index is -0.713. The van der Waals surface area contributed by atoms with Gasteiger partial charge in [-0.25, -0.2) is 4.79 Å². The second-order valence-corrected chi connectivity index (χ2v) is 9.39. The smallest absolute Gasteiger partial charge is 0.325 e. The normalized spacial score (nSPS) is 55.0. The summed E-state index contributed by atoms with van der Waals surface area (Å²) in [6, 6.07) is -0.395. The van der Waals surface area contributed by atoms with E-state index in [1.165, 1.54) is 0 Å². The monoisotopic (exact) mass is 327 g/mol. The van der Waals surface area contributed by atoms with Crippen LogP contribution in [0.2, 0.25) is 0 Å². The first-order chi connectivity index (χ1) is 11.6. The molecule has 8 aliphatic rings. The molecule has 6 heteroatoms. The van der Waals surface area contributed by atoms with Gasteiger partial charge in [0.05, 0.1) is 0 Å². The molecule has 0 aromatic carbocycles. The van der Waals surface area contributed by atoms with Gasteiger partial charge in [0, 0.05) is 6.54 Å². The first kappa shape index (κ1) is 12.7. The molecular formula is C18H21N3O3. The minimum absolute atomic E-state index is 0.124. The maximum Gasteiger partial charge on any atom is 0.325 e. The van der Waals surface area contributed by atoms with Gasteiger partial charge in [-0.3, -0.25) is 14.5 Å². The molecule has 1 heterocycles. The lowest BCUT2D eigenvalue weighted by atomic mass is 8.96. The van der Waals surface area contributed by atoms with E-state index in [0.29, 0.717) is 18.3 Å². The second kappa shape index (κ2) is 3.37. The van der Waals surface area contributed by atoms with Crippen molar-refractivity contribution >= 4 is 17.8 Å². The quantitative estimate of drug-likeness (QED) is 0.731. The Morgan fingerprint density at radius 1 is 1.08 bits per heavy atom. The molecule has 0 radical (unpaired) electrons. The molecule has 0 unspecified atom stereocenters. The van der Waals surface area contributed by atoms with E-state index >= 15 is 0 Å². The number of nitrogens with zero attached hydrogens (tertiary/aromatic N) is 1. The number of carbonyl (C=O) groups excluding carboxylic acids is 3. The van der Waals surface area contributed by atoms with E-state index in [-0.39, 0.29) is 18.4 Å². The highest BCUT2D eigenvalue weighted by Crippen LogP contribution is 3.05. The van der Waals surface area contributed by atoms with Crippen molar-refractivity contribution in [3.63, 3.8) is 0 Å². The van der Waals surface area contributed by atoms with Crippen molar-refractivity contribution in [3.8, 4) is 0 Å². The maximum atomic E-state index is 12.6. The van der Waals surface area contributed by atoms with E-state index in [1.807, 2.05) is 0 Å². The van der Waals surface area contributed by atoms with Crippen LogP contribution in [0.5, 0.6) is 0 Å². The Kier molecular flexibility index (Phi) is 1.79. The zero-order valence-electron chi connectivity index (χ0n) is 13.5. The lowest BCUT2D eigenvalue weighted by Gasteiger charge is -3.08. The highest BCUT2D eigenvalue weighted by molar-refractivity contribution is 6.09. The molecular weight excluding hydrogens is 306 g/mol. The third kappa shape index (κ3) is 0.941. The van der Waals surface area contributed by atoms with Crippen LogP contribution in [-0.2, 0) is 9.59 Å². The molecule has 2 N–H and O–H groups in total. The van der Waals surface area contributed by atoms with Crippen LogP contribution in [0.25, 0.3) is 0 Å². The summed E-state index contributed by atoms with van der Waals surface area (Å²) in [5, 5.41) is 5.89. The Labute approximate surface area is 139 Å². The summed E-state index contributed by atoms with van der Waals surface area (Å²) in [5.74, 6) is 6.44. The van der Waals surface area contributed by atoms with Crippen LogP contribution in [0.1, 0.15) is 25.7 Å². The van der Waals surface area contributed by atoms with Gasteiger partial charge in [0.2, 0.25) is 5.91 Å². The Hall–Kier alpha value is -1.59. The first-order valence-electron chi connectivity index (χ1n) is 9.51. The molecule has 7 aliphatic carbocycles. The van der Waals surface area contributed by atoms with Gasteiger partial charge in [-0.05, 0) is 59.7 Å². The van der Waals surface area contributed by atoms with Gasteiger partial charge >= 0.3 is 6.03 Å². The number of hydrogen-bond donors (Lipinski definition) is 2. The molecule has 4 amide bonds. The van der Waals surface area contributed by atoms with Gasteiger partial charge in [0.1, 0.15) is 12.1 Å². The third-order valence-electron chi connectivity index (χ3n) is 9.28. The van der Waals surface area contributed by atoms with Crippen molar-refractivity contribution in [2.75, 3.05) is 13.1 Å². The van der Waals surface area contributed by atoms with Crippen LogP contribution < -0.4 is 10.6 Å². The number of rotatable bonds is 4. The van der Waals surface area contributed by atoms with Crippen LogP contribution in [0.15, 0.2) is 0 Å². The number of hydrogen-bond acceptors (Lipinski definition) is 3. The third-order valence-corrected chi connectivity index (χ3v) is 9.28. The summed E-state index contributed by atoms with van der Waals surface area (Å²) in [5.41, 5.74) is -0.274. The molecule has 0 aromatic rings. The lowest BCUT2D eigenvalue weighted by molar-refractivity contribution is -0.612. The minimum Gasteiger partial charge on any atom is -0.354 e.